The van der Waals surface area contributed by atoms with Crippen molar-refractivity contribution in [1.29, 1.82) is 5.26 Å². The van der Waals surface area contributed by atoms with Gasteiger partial charge in [-0.15, -0.1) is 0 Å². The highest BCUT2D eigenvalue weighted by Crippen LogP contribution is 2.17. The van der Waals surface area contributed by atoms with Gasteiger partial charge in [0.2, 0.25) is 0 Å². The number of nitrogens with zero attached hydrogens (tertiary/aromatic N) is 4. The maximum atomic E-state index is 12.7. The number of carbonyl (C=O) groups excluding carboxylic acids is 3. The fourth-order valence-corrected chi connectivity index (χ4v) is 2.56. The van der Waals surface area contributed by atoms with Crippen LogP contribution < -0.4 is 0 Å². The smallest absolute Gasteiger partial charge is 0.346 e. The molecule has 0 saturated carbocycles. The van der Waals surface area contributed by atoms with Crippen molar-refractivity contribution in [3.63, 3.8) is 0 Å². The van der Waals surface area contributed by atoms with Crippen LogP contribution in [-0.2, 0) is 23.9 Å². The molecule has 0 N–H and O–H groups in total. The van der Waals surface area contributed by atoms with E-state index in [-0.39, 0.29) is 5.57 Å². The van der Waals surface area contributed by atoms with Crippen molar-refractivity contribution >= 4 is 45.9 Å². The van der Waals surface area contributed by atoms with Crippen molar-refractivity contribution in [3.05, 3.63) is 39.9 Å². The van der Waals surface area contributed by atoms with Crippen LogP contribution in [0.4, 0.5) is 0 Å². The lowest BCUT2D eigenvalue weighted by atomic mass is 10.1. The molecule has 0 heterocycles. The summed E-state index contributed by atoms with van der Waals surface area (Å²) in [4.78, 5) is 41.9. The third kappa shape index (κ3) is 8.16. The van der Waals surface area contributed by atoms with Gasteiger partial charge in [-0.3, -0.25) is 4.79 Å². The lowest BCUT2D eigenvalue weighted by Crippen LogP contribution is -2.46. The molecule has 1 unspecified atom stereocenters. The average Bonchev–Trinajstić information content (AvgIpc) is 2.71. The monoisotopic (exact) mass is 490 g/mol. The second-order valence-corrected chi connectivity index (χ2v) is 8.01. The van der Waals surface area contributed by atoms with Gasteiger partial charge < -0.3 is 9.47 Å². The van der Waals surface area contributed by atoms with Gasteiger partial charge in [-0.05, 0) is 44.3 Å². The number of hydrogen-bond donors (Lipinski definition) is 0. The van der Waals surface area contributed by atoms with E-state index in [0.29, 0.717) is 10.6 Å². The third-order valence-electron chi connectivity index (χ3n) is 3.53. The van der Waals surface area contributed by atoms with Crippen LogP contribution >= 0.6 is 15.9 Å². The number of esters is 2. The fourth-order valence-electron chi connectivity index (χ4n) is 2.15. The second kappa shape index (κ2) is 11.8. The first-order chi connectivity index (χ1) is 14.5. The molecule has 0 aliphatic rings. The Bertz CT molecular complexity index is 969. The zero-order valence-electron chi connectivity index (χ0n) is 17.9. The van der Waals surface area contributed by atoms with E-state index in [9.17, 15) is 14.4 Å². The lowest BCUT2D eigenvalue weighted by Gasteiger charge is -2.25. The summed E-state index contributed by atoms with van der Waals surface area (Å²) >= 11 is 3.33. The molecule has 164 valence electrons. The molecule has 1 aromatic rings. The number of aliphatic imine (C=N–C) groups is 1. The molecule has 1 amide bonds. The van der Waals surface area contributed by atoms with Crippen molar-refractivity contribution in [3.8, 4) is 6.07 Å². The molecule has 0 radical (unpaired) electrons. The molecule has 0 aliphatic heterocycles. The molecule has 10 heteroatoms. The molecule has 9 nitrogen and oxygen atoms in total. The van der Waals surface area contributed by atoms with Gasteiger partial charge >= 0.3 is 11.9 Å². The summed E-state index contributed by atoms with van der Waals surface area (Å²) in [5.41, 5.74) is -0.428. The Kier molecular flexibility index (Phi) is 9.80. The molecule has 0 aromatic heterocycles. The van der Waals surface area contributed by atoms with E-state index in [0.717, 1.165) is 18.7 Å². The van der Waals surface area contributed by atoms with Crippen LogP contribution in [0.2, 0.25) is 0 Å². The summed E-state index contributed by atoms with van der Waals surface area (Å²) in [7, 11) is 2.21. The molecule has 0 bridgehead atoms. The average molecular weight is 491 g/mol. The summed E-state index contributed by atoms with van der Waals surface area (Å²) in [6, 6.07) is 7.04. The minimum atomic E-state index is -1.66. The SMILES string of the molecule is COC(=O)C(=C=NC(C)(C)C)C(C(=O)OC)N(/N=C/c1cccc(Br)c1)C(=O)CC#N. The van der Waals surface area contributed by atoms with E-state index in [1.54, 1.807) is 51.1 Å². The normalized spacial score (nSPS) is 11.6. The van der Waals surface area contributed by atoms with Gasteiger partial charge in [0, 0.05) is 4.47 Å². The van der Waals surface area contributed by atoms with Crippen LogP contribution in [0.25, 0.3) is 0 Å². The Balaban J connectivity index is 3.68. The maximum absolute atomic E-state index is 12.7. The van der Waals surface area contributed by atoms with Crippen molar-refractivity contribution < 1.29 is 23.9 Å². The molecule has 0 aliphatic carbocycles. The van der Waals surface area contributed by atoms with E-state index in [1.165, 1.54) is 6.21 Å². The predicted octanol–water partition coefficient (Wildman–Crippen LogP) is 2.63. The first-order valence-electron chi connectivity index (χ1n) is 9.03. The largest absolute Gasteiger partial charge is 0.467 e. The second-order valence-electron chi connectivity index (χ2n) is 7.10. The molecule has 0 spiro atoms. The van der Waals surface area contributed by atoms with Crippen molar-refractivity contribution in [2.24, 2.45) is 10.1 Å². The standard InChI is InChI=1S/C21H23BrN4O5/c1-21(2,3)24-13-16(19(28)30-4)18(20(29)31-5)26(17(27)9-10-23)25-12-14-7-6-8-15(22)11-14/h6-8,11-12,18H,9H2,1-5H3/b25-12+. The number of rotatable bonds is 7. The van der Waals surface area contributed by atoms with Gasteiger partial charge in [-0.2, -0.15) is 10.4 Å². The van der Waals surface area contributed by atoms with Gasteiger partial charge in [0.15, 0.2) is 6.04 Å². The van der Waals surface area contributed by atoms with Crippen LogP contribution in [0.5, 0.6) is 0 Å². The van der Waals surface area contributed by atoms with E-state index in [4.69, 9.17) is 14.7 Å². The quantitative estimate of drug-likeness (QED) is 0.250. The van der Waals surface area contributed by atoms with Crippen molar-refractivity contribution in [1.82, 2.24) is 5.01 Å². The first kappa shape index (κ1) is 25.8. The van der Waals surface area contributed by atoms with Gasteiger partial charge in [-0.1, -0.05) is 28.1 Å². The zero-order valence-corrected chi connectivity index (χ0v) is 19.5. The van der Waals surface area contributed by atoms with Crippen LogP contribution in [0, 0.1) is 11.3 Å². The summed E-state index contributed by atoms with van der Waals surface area (Å²) in [5, 5.41) is 13.8. The first-order valence-corrected chi connectivity index (χ1v) is 9.82. The summed E-state index contributed by atoms with van der Waals surface area (Å²) in [6.45, 7) is 5.27. The van der Waals surface area contributed by atoms with Crippen LogP contribution in [-0.4, -0.2) is 60.7 Å². The number of hydrogen-bond acceptors (Lipinski definition) is 8. The number of carbonyl (C=O) groups is 3. The minimum Gasteiger partial charge on any atom is -0.467 e. The van der Waals surface area contributed by atoms with Crippen LogP contribution in [0.1, 0.15) is 32.8 Å². The molecule has 1 aromatic carbocycles. The van der Waals surface area contributed by atoms with E-state index in [1.807, 2.05) is 0 Å². The van der Waals surface area contributed by atoms with E-state index < -0.39 is 35.8 Å². The number of halogens is 1. The Morgan fingerprint density at radius 1 is 1.26 bits per heavy atom. The topological polar surface area (TPSA) is 121 Å². The minimum absolute atomic E-state index is 0.387. The number of nitriles is 1. The number of methoxy groups -OCH3 is 2. The van der Waals surface area contributed by atoms with Gasteiger partial charge in [0.05, 0.1) is 32.0 Å². The molecular formula is C21H23BrN4O5. The molecule has 1 atom stereocenters. The number of amides is 1. The Morgan fingerprint density at radius 3 is 2.45 bits per heavy atom. The number of ether oxygens (including phenoxy) is 2. The summed E-state index contributed by atoms with van der Waals surface area (Å²) in [5.74, 6) is -0.237. The molecule has 0 saturated heterocycles. The molecule has 0 fully saturated rings. The van der Waals surface area contributed by atoms with Crippen LogP contribution in [0.15, 0.2) is 44.4 Å². The maximum Gasteiger partial charge on any atom is 0.346 e. The Morgan fingerprint density at radius 2 is 1.94 bits per heavy atom. The molecular weight excluding hydrogens is 468 g/mol. The Labute approximate surface area is 189 Å². The number of benzene rings is 1. The van der Waals surface area contributed by atoms with Crippen LogP contribution in [0.3, 0.4) is 0 Å². The highest BCUT2D eigenvalue weighted by Gasteiger charge is 2.38. The highest BCUT2D eigenvalue weighted by molar-refractivity contribution is 9.10. The zero-order chi connectivity index (χ0) is 23.6. The summed E-state index contributed by atoms with van der Waals surface area (Å²) < 4.78 is 10.3. The van der Waals surface area contributed by atoms with E-state index in [2.05, 4.69) is 31.9 Å². The molecule has 1 rings (SSSR count). The van der Waals surface area contributed by atoms with Crippen molar-refractivity contribution in [2.75, 3.05) is 14.2 Å². The molecule has 31 heavy (non-hydrogen) atoms. The van der Waals surface area contributed by atoms with Gasteiger partial charge in [0.25, 0.3) is 5.91 Å². The van der Waals surface area contributed by atoms with Crippen molar-refractivity contribution in [2.45, 2.75) is 38.8 Å². The third-order valence-corrected chi connectivity index (χ3v) is 4.02. The lowest BCUT2D eigenvalue weighted by molar-refractivity contribution is -0.153. The fraction of sp³-hybridized carbons (Fsp3) is 0.381. The number of hydrazone groups is 1. The summed E-state index contributed by atoms with van der Waals surface area (Å²) in [6.07, 6.45) is 0.722. The van der Waals surface area contributed by atoms with Gasteiger partial charge in [-0.25, -0.2) is 19.6 Å². The van der Waals surface area contributed by atoms with Gasteiger partial charge in [0.1, 0.15) is 12.0 Å². The Hall–Kier alpha value is -3.28. The highest BCUT2D eigenvalue weighted by atomic mass is 79.9. The van der Waals surface area contributed by atoms with E-state index >= 15 is 0 Å². The predicted molar refractivity (Wildman–Crippen MR) is 117 cm³/mol.